The van der Waals surface area contributed by atoms with E-state index in [4.69, 9.17) is 4.18 Å². The van der Waals surface area contributed by atoms with Crippen molar-refractivity contribution < 1.29 is 12.6 Å². The maximum atomic E-state index is 11.0. The first-order chi connectivity index (χ1) is 8.46. The molecular weight excluding hydrogens is 252 g/mol. The topological polar surface area (TPSA) is 59.5 Å². The summed E-state index contributed by atoms with van der Waals surface area (Å²) in [5.74, 6) is 0.245. The number of hydrogen-bond donors (Lipinski definition) is 0. The second-order valence-corrected chi connectivity index (χ2v) is 6.48. The van der Waals surface area contributed by atoms with Crippen molar-refractivity contribution in [2.24, 2.45) is 5.92 Å². The molecule has 18 heavy (non-hydrogen) atoms. The molecule has 2 heterocycles. The SMILES string of the molecule is CN1C[C@H](COS(C)(=O)=O)C[C@H]1c1cccnc1. The molecule has 0 spiro atoms. The molecule has 1 aliphatic heterocycles. The van der Waals surface area contributed by atoms with E-state index in [1.54, 1.807) is 6.20 Å². The smallest absolute Gasteiger partial charge is 0.264 e. The van der Waals surface area contributed by atoms with Crippen LogP contribution in [0.3, 0.4) is 0 Å². The largest absolute Gasteiger partial charge is 0.299 e. The molecule has 0 aromatic carbocycles. The van der Waals surface area contributed by atoms with Crippen molar-refractivity contribution in [3.8, 4) is 0 Å². The highest BCUT2D eigenvalue weighted by atomic mass is 32.2. The Labute approximate surface area is 108 Å². The molecule has 0 aliphatic carbocycles. The maximum absolute atomic E-state index is 11.0. The van der Waals surface area contributed by atoms with E-state index < -0.39 is 10.1 Å². The van der Waals surface area contributed by atoms with Gasteiger partial charge in [-0.2, -0.15) is 8.42 Å². The van der Waals surface area contributed by atoms with Crippen LogP contribution in [0.1, 0.15) is 18.0 Å². The Morgan fingerprint density at radius 1 is 1.56 bits per heavy atom. The molecular formula is C12H18N2O3S. The molecule has 1 aliphatic rings. The minimum Gasteiger partial charge on any atom is -0.299 e. The average Bonchev–Trinajstić information content (AvgIpc) is 2.68. The van der Waals surface area contributed by atoms with Gasteiger partial charge < -0.3 is 0 Å². The van der Waals surface area contributed by atoms with Crippen LogP contribution in [-0.4, -0.2) is 44.8 Å². The highest BCUT2D eigenvalue weighted by Crippen LogP contribution is 2.33. The fraction of sp³-hybridized carbons (Fsp3) is 0.583. The van der Waals surface area contributed by atoms with E-state index in [0.717, 1.165) is 19.2 Å². The highest BCUT2D eigenvalue weighted by molar-refractivity contribution is 7.85. The molecule has 2 atom stereocenters. The molecule has 0 N–H and O–H groups in total. The Hall–Kier alpha value is -0.980. The Bertz CT molecular complexity index is 489. The quantitative estimate of drug-likeness (QED) is 0.765. The van der Waals surface area contributed by atoms with Gasteiger partial charge in [0.05, 0.1) is 12.9 Å². The van der Waals surface area contributed by atoms with Crippen molar-refractivity contribution in [2.75, 3.05) is 26.5 Å². The van der Waals surface area contributed by atoms with Crippen LogP contribution in [0.25, 0.3) is 0 Å². The van der Waals surface area contributed by atoms with Gasteiger partial charge in [0, 0.05) is 25.0 Å². The molecule has 0 unspecified atom stereocenters. The van der Waals surface area contributed by atoms with Crippen LogP contribution in [0, 0.1) is 5.92 Å². The minimum atomic E-state index is -3.34. The van der Waals surface area contributed by atoms with Crippen LogP contribution < -0.4 is 0 Å². The molecule has 1 aromatic rings. The zero-order valence-electron chi connectivity index (χ0n) is 10.6. The summed E-state index contributed by atoms with van der Waals surface area (Å²) in [5, 5.41) is 0. The minimum absolute atomic E-state index is 0.245. The molecule has 2 rings (SSSR count). The summed E-state index contributed by atoms with van der Waals surface area (Å²) < 4.78 is 26.8. The Morgan fingerprint density at radius 2 is 2.33 bits per heavy atom. The van der Waals surface area contributed by atoms with Gasteiger partial charge in [-0.3, -0.25) is 14.1 Å². The lowest BCUT2D eigenvalue weighted by molar-refractivity contribution is 0.254. The Morgan fingerprint density at radius 3 is 2.94 bits per heavy atom. The van der Waals surface area contributed by atoms with Crippen molar-refractivity contribution >= 4 is 10.1 Å². The molecule has 5 nitrogen and oxygen atoms in total. The first-order valence-electron chi connectivity index (χ1n) is 5.90. The number of hydrogen-bond acceptors (Lipinski definition) is 5. The van der Waals surface area contributed by atoms with E-state index >= 15 is 0 Å². The molecule has 6 heteroatoms. The Balaban J connectivity index is 1.97. The van der Waals surface area contributed by atoms with Gasteiger partial charge in [-0.1, -0.05) is 6.07 Å². The standard InChI is InChI=1S/C12H18N2O3S/c1-14-8-10(9-17-18(2,15)16)6-12(14)11-4-3-5-13-7-11/h3-5,7,10,12H,6,8-9H2,1-2H3/t10-,12+/m1/s1. The zero-order valence-corrected chi connectivity index (χ0v) is 11.4. The Kier molecular flexibility index (Phi) is 3.99. The van der Waals surface area contributed by atoms with E-state index in [1.807, 2.05) is 25.4 Å². The second kappa shape index (κ2) is 5.34. The number of nitrogens with zero attached hydrogens (tertiary/aromatic N) is 2. The zero-order chi connectivity index (χ0) is 13.2. The molecule has 0 radical (unpaired) electrons. The van der Waals surface area contributed by atoms with Crippen LogP contribution in [0.2, 0.25) is 0 Å². The summed E-state index contributed by atoms with van der Waals surface area (Å²) in [6.07, 6.45) is 5.60. The van der Waals surface area contributed by atoms with E-state index in [1.165, 1.54) is 5.56 Å². The third-order valence-corrected chi connectivity index (χ3v) is 3.79. The monoisotopic (exact) mass is 270 g/mol. The van der Waals surface area contributed by atoms with Gasteiger partial charge in [-0.25, -0.2) is 0 Å². The molecule has 100 valence electrons. The molecule has 0 saturated carbocycles. The third-order valence-electron chi connectivity index (χ3n) is 3.22. The summed E-state index contributed by atoms with van der Waals surface area (Å²) in [6, 6.07) is 4.27. The van der Waals surface area contributed by atoms with Crippen molar-refractivity contribution in [2.45, 2.75) is 12.5 Å². The molecule has 1 saturated heterocycles. The van der Waals surface area contributed by atoms with Crippen molar-refractivity contribution in [3.63, 3.8) is 0 Å². The number of likely N-dealkylation sites (tertiary alicyclic amines) is 1. The molecule has 1 aromatic heterocycles. The van der Waals surface area contributed by atoms with Crippen LogP contribution >= 0.6 is 0 Å². The lowest BCUT2D eigenvalue weighted by Crippen LogP contribution is -2.20. The number of rotatable bonds is 4. The maximum Gasteiger partial charge on any atom is 0.264 e. The van der Waals surface area contributed by atoms with Gasteiger partial charge >= 0.3 is 0 Å². The molecule has 1 fully saturated rings. The lowest BCUT2D eigenvalue weighted by atomic mass is 10.0. The second-order valence-electron chi connectivity index (χ2n) is 4.83. The van der Waals surface area contributed by atoms with Crippen molar-refractivity contribution in [3.05, 3.63) is 30.1 Å². The lowest BCUT2D eigenvalue weighted by Gasteiger charge is -2.18. The third kappa shape index (κ3) is 3.51. The van der Waals surface area contributed by atoms with Crippen LogP contribution in [-0.2, 0) is 14.3 Å². The van der Waals surface area contributed by atoms with Crippen molar-refractivity contribution in [1.29, 1.82) is 0 Å². The first-order valence-corrected chi connectivity index (χ1v) is 7.72. The number of aromatic nitrogens is 1. The van der Waals surface area contributed by atoms with E-state index in [0.29, 0.717) is 6.04 Å². The summed E-state index contributed by atoms with van der Waals surface area (Å²) in [4.78, 5) is 6.34. The predicted molar refractivity (Wildman–Crippen MR) is 68.5 cm³/mol. The average molecular weight is 270 g/mol. The fourth-order valence-corrected chi connectivity index (χ4v) is 2.85. The normalized spacial score (nSPS) is 25.4. The highest BCUT2D eigenvalue weighted by Gasteiger charge is 2.31. The fourth-order valence-electron chi connectivity index (χ4n) is 2.41. The van der Waals surface area contributed by atoms with Crippen LogP contribution in [0.15, 0.2) is 24.5 Å². The van der Waals surface area contributed by atoms with E-state index in [-0.39, 0.29) is 12.5 Å². The molecule has 0 amide bonds. The first kappa shape index (κ1) is 13.5. The van der Waals surface area contributed by atoms with Gasteiger partial charge in [0.2, 0.25) is 0 Å². The number of pyridine rings is 1. The van der Waals surface area contributed by atoms with Crippen molar-refractivity contribution in [1.82, 2.24) is 9.88 Å². The van der Waals surface area contributed by atoms with Crippen LogP contribution in [0.5, 0.6) is 0 Å². The van der Waals surface area contributed by atoms with Gasteiger partial charge in [0.1, 0.15) is 0 Å². The summed E-state index contributed by atoms with van der Waals surface area (Å²) in [6.45, 7) is 1.11. The van der Waals surface area contributed by atoms with Gasteiger partial charge in [0.25, 0.3) is 10.1 Å². The van der Waals surface area contributed by atoms with Gasteiger partial charge in [-0.05, 0) is 31.0 Å². The van der Waals surface area contributed by atoms with Gasteiger partial charge in [0.15, 0.2) is 0 Å². The molecule has 0 bridgehead atoms. The summed E-state index contributed by atoms with van der Waals surface area (Å²) >= 11 is 0. The van der Waals surface area contributed by atoms with Gasteiger partial charge in [-0.15, -0.1) is 0 Å². The predicted octanol–water partition coefficient (Wildman–Crippen LogP) is 1.05. The van der Waals surface area contributed by atoms with Crippen LogP contribution in [0.4, 0.5) is 0 Å². The summed E-state index contributed by atoms with van der Waals surface area (Å²) in [5.41, 5.74) is 1.17. The van der Waals surface area contributed by atoms with E-state index in [2.05, 4.69) is 9.88 Å². The van der Waals surface area contributed by atoms with E-state index in [9.17, 15) is 8.42 Å². The summed E-state index contributed by atoms with van der Waals surface area (Å²) in [7, 11) is -1.30.